The lowest BCUT2D eigenvalue weighted by atomic mass is 9.96. The van der Waals surface area contributed by atoms with E-state index >= 15 is 0 Å². The first-order chi connectivity index (χ1) is 7.29. The first-order valence-electron chi connectivity index (χ1n) is 5.35. The minimum absolute atomic E-state index is 0.126. The van der Waals surface area contributed by atoms with Gasteiger partial charge in [0.2, 0.25) is 0 Å². The average molecular weight is 227 g/mol. The minimum Gasteiger partial charge on any atom is -0.490 e. The fraction of sp³-hybridized carbons (Fsp3) is 0.500. The second kappa shape index (κ2) is 4.86. The standard InChI is InChI=1S/C12H15ClO2/c13-10-4-5-12(9(8-10)6-7-14)15-11-2-1-3-11/h4-5,8,11,14H,1-3,6-7H2. The normalized spacial score (nSPS) is 16.1. The van der Waals surface area contributed by atoms with E-state index in [1.54, 1.807) is 0 Å². The van der Waals surface area contributed by atoms with Crippen molar-refractivity contribution in [1.29, 1.82) is 0 Å². The number of ether oxygens (including phenoxy) is 1. The lowest BCUT2D eigenvalue weighted by Crippen LogP contribution is -2.25. The molecule has 0 saturated heterocycles. The topological polar surface area (TPSA) is 29.5 Å². The van der Waals surface area contributed by atoms with E-state index in [0.29, 0.717) is 17.5 Å². The second-order valence-corrected chi connectivity index (χ2v) is 4.33. The number of hydrogen-bond donors (Lipinski definition) is 1. The van der Waals surface area contributed by atoms with Gasteiger partial charge in [0.25, 0.3) is 0 Å². The number of hydrogen-bond acceptors (Lipinski definition) is 2. The van der Waals surface area contributed by atoms with E-state index in [4.69, 9.17) is 21.4 Å². The molecule has 1 fully saturated rings. The Morgan fingerprint density at radius 1 is 1.40 bits per heavy atom. The summed E-state index contributed by atoms with van der Waals surface area (Å²) in [6.07, 6.45) is 4.50. The van der Waals surface area contributed by atoms with Crippen LogP contribution in [0.3, 0.4) is 0 Å². The van der Waals surface area contributed by atoms with E-state index in [-0.39, 0.29) is 6.61 Å². The van der Waals surface area contributed by atoms with Crippen LogP contribution in [0.5, 0.6) is 5.75 Å². The molecule has 0 radical (unpaired) electrons. The second-order valence-electron chi connectivity index (χ2n) is 3.90. The summed E-state index contributed by atoms with van der Waals surface area (Å²) in [5.41, 5.74) is 0.997. The molecule has 1 aliphatic rings. The Hall–Kier alpha value is -0.730. The quantitative estimate of drug-likeness (QED) is 0.856. The first kappa shape index (κ1) is 10.8. The molecule has 0 aromatic heterocycles. The van der Waals surface area contributed by atoms with Crippen LogP contribution in [0.1, 0.15) is 24.8 Å². The molecule has 2 rings (SSSR count). The molecule has 1 N–H and O–H groups in total. The third-order valence-corrected chi connectivity index (χ3v) is 2.98. The van der Waals surface area contributed by atoms with Crippen LogP contribution in [0.15, 0.2) is 18.2 Å². The maximum absolute atomic E-state index is 8.94. The van der Waals surface area contributed by atoms with Crippen molar-refractivity contribution in [1.82, 2.24) is 0 Å². The van der Waals surface area contributed by atoms with Gasteiger partial charge in [-0.1, -0.05) is 11.6 Å². The summed E-state index contributed by atoms with van der Waals surface area (Å²) in [7, 11) is 0. The summed E-state index contributed by atoms with van der Waals surface area (Å²) in [6.45, 7) is 0.126. The van der Waals surface area contributed by atoms with Crippen LogP contribution in [0.2, 0.25) is 5.02 Å². The van der Waals surface area contributed by atoms with Crippen molar-refractivity contribution in [3.05, 3.63) is 28.8 Å². The van der Waals surface area contributed by atoms with E-state index in [1.807, 2.05) is 18.2 Å². The van der Waals surface area contributed by atoms with Crippen LogP contribution in [-0.4, -0.2) is 17.8 Å². The SMILES string of the molecule is OCCc1cc(Cl)ccc1OC1CCC1. The molecular weight excluding hydrogens is 212 g/mol. The Balaban J connectivity index is 2.12. The molecule has 0 atom stereocenters. The van der Waals surface area contributed by atoms with Gasteiger partial charge in [0.05, 0.1) is 6.10 Å². The van der Waals surface area contributed by atoms with E-state index in [0.717, 1.165) is 24.2 Å². The zero-order chi connectivity index (χ0) is 10.7. The summed E-state index contributed by atoms with van der Waals surface area (Å²) >= 11 is 5.90. The van der Waals surface area contributed by atoms with Gasteiger partial charge >= 0.3 is 0 Å². The molecule has 3 heteroatoms. The molecule has 1 saturated carbocycles. The third kappa shape index (κ3) is 2.64. The third-order valence-electron chi connectivity index (χ3n) is 2.75. The Morgan fingerprint density at radius 3 is 2.80 bits per heavy atom. The van der Waals surface area contributed by atoms with Crippen molar-refractivity contribution >= 4 is 11.6 Å². The molecule has 0 bridgehead atoms. The zero-order valence-corrected chi connectivity index (χ0v) is 9.33. The van der Waals surface area contributed by atoms with Crippen molar-refractivity contribution in [3.63, 3.8) is 0 Å². The van der Waals surface area contributed by atoms with Gasteiger partial charge in [-0.15, -0.1) is 0 Å². The number of aliphatic hydroxyl groups is 1. The van der Waals surface area contributed by atoms with Gasteiger partial charge in [-0.05, 0) is 49.4 Å². The fourth-order valence-electron chi connectivity index (χ4n) is 1.65. The highest BCUT2D eigenvalue weighted by molar-refractivity contribution is 6.30. The van der Waals surface area contributed by atoms with E-state index < -0.39 is 0 Å². The van der Waals surface area contributed by atoms with E-state index in [2.05, 4.69) is 0 Å². The van der Waals surface area contributed by atoms with E-state index in [9.17, 15) is 0 Å². The summed E-state index contributed by atoms with van der Waals surface area (Å²) < 4.78 is 5.82. The van der Waals surface area contributed by atoms with Crippen LogP contribution in [-0.2, 0) is 6.42 Å². The molecule has 0 aliphatic heterocycles. The molecule has 2 nitrogen and oxygen atoms in total. The minimum atomic E-state index is 0.126. The highest BCUT2D eigenvalue weighted by atomic mass is 35.5. The zero-order valence-electron chi connectivity index (χ0n) is 8.58. The van der Waals surface area contributed by atoms with E-state index in [1.165, 1.54) is 6.42 Å². The van der Waals surface area contributed by atoms with Gasteiger partial charge in [0.15, 0.2) is 0 Å². The van der Waals surface area contributed by atoms with Crippen molar-refractivity contribution in [2.24, 2.45) is 0 Å². The highest BCUT2D eigenvalue weighted by Gasteiger charge is 2.20. The largest absolute Gasteiger partial charge is 0.490 e. The highest BCUT2D eigenvalue weighted by Crippen LogP contribution is 2.29. The van der Waals surface area contributed by atoms with Gasteiger partial charge in [0, 0.05) is 11.6 Å². The van der Waals surface area contributed by atoms with Crippen LogP contribution >= 0.6 is 11.6 Å². The Labute approximate surface area is 94.8 Å². The molecule has 1 aliphatic carbocycles. The molecule has 15 heavy (non-hydrogen) atoms. The monoisotopic (exact) mass is 226 g/mol. The van der Waals surface area contributed by atoms with Gasteiger partial charge in [0.1, 0.15) is 5.75 Å². The molecule has 0 heterocycles. The maximum Gasteiger partial charge on any atom is 0.123 e. The summed E-state index contributed by atoms with van der Waals surface area (Å²) in [5, 5.41) is 9.64. The molecule has 1 aromatic rings. The predicted molar refractivity (Wildman–Crippen MR) is 60.5 cm³/mol. The Bertz CT molecular complexity index is 334. The number of aliphatic hydroxyl groups excluding tert-OH is 1. The van der Waals surface area contributed by atoms with Crippen LogP contribution < -0.4 is 4.74 Å². The Morgan fingerprint density at radius 2 is 2.20 bits per heavy atom. The fourth-order valence-corrected chi connectivity index (χ4v) is 1.84. The molecule has 0 spiro atoms. The molecule has 0 amide bonds. The first-order valence-corrected chi connectivity index (χ1v) is 5.73. The number of halogens is 1. The maximum atomic E-state index is 8.94. The summed E-state index contributed by atoms with van der Waals surface area (Å²) in [6, 6.07) is 5.59. The predicted octanol–water partition coefficient (Wildman–Crippen LogP) is 2.81. The summed E-state index contributed by atoms with van der Waals surface area (Å²) in [5.74, 6) is 0.873. The van der Waals surface area contributed by atoms with Crippen LogP contribution in [0.4, 0.5) is 0 Å². The van der Waals surface area contributed by atoms with Gasteiger partial charge in [-0.2, -0.15) is 0 Å². The molecule has 0 unspecified atom stereocenters. The summed E-state index contributed by atoms with van der Waals surface area (Å²) in [4.78, 5) is 0. The Kier molecular flexibility index (Phi) is 3.49. The smallest absolute Gasteiger partial charge is 0.123 e. The molecule has 82 valence electrons. The van der Waals surface area contributed by atoms with Crippen molar-refractivity contribution in [2.75, 3.05) is 6.61 Å². The molecule has 1 aromatic carbocycles. The lowest BCUT2D eigenvalue weighted by molar-refractivity contribution is 0.118. The average Bonchev–Trinajstić information content (AvgIpc) is 2.14. The number of benzene rings is 1. The van der Waals surface area contributed by atoms with Crippen LogP contribution in [0, 0.1) is 0 Å². The molecular formula is C12H15ClO2. The van der Waals surface area contributed by atoms with Gasteiger partial charge in [-0.3, -0.25) is 0 Å². The van der Waals surface area contributed by atoms with Crippen molar-refractivity contribution < 1.29 is 9.84 Å². The van der Waals surface area contributed by atoms with Gasteiger partial charge < -0.3 is 9.84 Å². The van der Waals surface area contributed by atoms with Crippen molar-refractivity contribution in [2.45, 2.75) is 31.8 Å². The number of rotatable bonds is 4. The van der Waals surface area contributed by atoms with Crippen LogP contribution in [0.25, 0.3) is 0 Å². The van der Waals surface area contributed by atoms with Gasteiger partial charge in [-0.25, -0.2) is 0 Å². The lowest BCUT2D eigenvalue weighted by Gasteiger charge is -2.27. The van der Waals surface area contributed by atoms with Crippen molar-refractivity contribution in [3.8, 4) is 5.75 Å².